The quantitative estimate of drug-likeness (QED) is 0.406. The molecule has 0 spiro atoms. The summed E-state index contributed by atoms with van der Waals surface area (Å²) in [5.41, 5.74) is 1.48. The van der Waals surface area contributed by atoms with Gasteiger partial charge in [-0.25, -0.2) is 13.4 Å². The first-order valence-corrected chi connectivity index (χ1v) is 11.5. The Balaban J connectivity index is 1.72. The lowest BCUT2D eigenvalue weighted by molar-refractivity contribution is 0.339. The van der Waals surface area contributed by atoms with Gasteiger partial charge in [0.05, 0.1) is 36.5 Å². The van der Waals surface area contributed by atoms with E-state index in [-0.39, 0.29) is 23.5 Å². The van der Waals surface area contributed by atoms with Crippen LogP contribution in [0.3, 0.4) is 0 Å². The molecule has 4 rings (SSSR count). The Bertz CT molecular complexity index is 1380. The van der Waals surface area contributed by atoms with Crippen molar-refractivity contribution in [3.05, 3.63) is 94.4 Å². The summed E-state index contributed by atoms with van der Waals surface area (Å²) in [6, 6.07) is 14.6. The van der Waals surface area contributed by atoms with Crippen molar-refractivity contribution in [1.29, 1.82) is 0 Å². The second kappa shape index (κ2) is 8.97. The van der Waals surface area contributed by atoms with Gasteiger partial charge in [-0.3, -0.25) is 9.20 Å². The summed E-state index contributed by atoms with van der Waals surface area (Å²) < 4.78 is 40.4. The molecule has 0 atom stereocenters. The molecule has 0 amide bonds. The molecule has 0 saturated heterocycles. The monoisotopic (exact) mass is 453 g/mol. The first-order valence-electron chi connectivity index (χ1n) is 10.1. The van der Waals surface area contributed by atoms with Gasteiger partial charge in [0.15, 0.2) is 0 Å². The maximum atomic E-state index is 13.5. The molecule has 166 valence electrons. The zero-order valence-electron chi connectivity index (χ0n) is 17.8. The largest absolute Gasteiger partial charge is 0.494 e. The highest BCUT2D eigenvalue weighted by atomic mass is 32.2. The van der Waals surface area contributed by atoms with Crippen LogP contribution in [0.2, 0.25) is 0 Å². The van der Waals surface area contributed by atoms with Gasteiger partial charge in [-0.05, 0) is 67.9 Å². The van der Waals surface area contributed by atoms with Crippen LogP contribution in [0.4, 0.5) is 0 Å². The molecule has 3 heterocycles. The number of furan rings is 1. The van der Waals surface area contributed by atoms with Crippen LogP contribution >= 0.6 is 0 Å². The number of aryl methyl sites for hydroxylation is 1. The van der Waals surface area contributed by atoms with Crippen LogP contribution in [0, 0.1) is 6.92 Å². The SMILES string of the molecule is CCOc1ccc(S(=O)(=O)N(Cc2cc(=O)n3ccc(C)cc3n2)Cc2ccco2)cc1. The highest BCUT2D eigenvalue weighted by molar-refractivity contribution is 7.89. The van der Waals surface area contributed by atoms with Gasteiger partial charge in [0, 0.05) is 12.3 Å². The third-order valence-electron chi connectivity index (χ3n) is 4.90. The van der Waals surface area contributed by atoms with Crippen LogP contribution in [0.5, 0.6) is 5.75 Å². The van der Waals surface area contributed by atoms with E-state index in [9.17, 15) is 13.2 Å². The molecule has 0 fully saturated rings. The molecule has 0 N–H and O–H groups in total. The van der Waals surface area contributed by atoms with E-state index in [2.05, 4.69) is 4.98 Å². The lowest BCUT2D eigenvalue weighted by atomic mass is 10.3. The normalized spacial score (nSPS) is 11.8. The number of hydrogen-bond donors (Lipinski definition) is 0. The van der Waals surface area contributed by atoms with Crippen LogP contribution in [-0.2, 0) is 23.1 Å². The summed E-state index contributed by atoms with van der Waals surface area (Å²) in [7, 11) is -3.91. The molecule has 0 unspecified atom stereocenters. The molecule has 0 bridgehead atoms. The molecule has 0 aliphatic heterocycles. The van der Waals surface area contributed by atoms with Gasteiger partial charge >= 0.3 is 0 Å². The molecule has 0 aliphatic carbocycles. The Morgan fingerprint density at radius 1 is 1.09 bits per heavy atom. The standard InChI is InChI=1S/C23H23N3O5S/c1-3-30-19-6-8-21(9-7-19)32(28,29)25(16-20-5-4-12-31-20)15-18-14-23(27)26-11-10-17(2)13-22(26)24-18/h4-14H,3,15-16H2,1-2H3. The third kappa shape index (κ3) is 4.58. The lowest BCUT2D eigenvalue weighted by Gasteiger charge is -2.21. The smallest absolute Gasteiger partial charge is 0.258 e. The summed E-state index contributed by atoms with van der Waals surface area (Å²) in [6.45, 7) is 4.15. The van der Waals surface area contributed by atoms with Crippen molar-refractivity contribution in [3.63, 3.8) is 0 Å². The first-order chi connectivity index (χ1) is 15.4. The van der Waals surface area contributed by atoms with Crippen LogP contribution in [0.25, 0.3) is 5.65 Å². The maximum Gasteiger partial charge on any atom is 0.258 e. The van der Waals surface area contributed by atoms with Gasteiger partial charge < -0.3 is 9.15 Å². The van der Waals surface area contributed by atoms with E-state index in [0.717, 1.165) is 5.56 Å². The number of fused-ring (bicyclic) bond motifs is 1. The van der Waals surface area contributed by atoms with Gasteiger partial charge in [-0.15, -0.1) is 0 Å². The second-order valence-electron chi connectivity index (χ2n) is 7.27. The molecule has 0 aliphatic rings. The van der Waals surface area contributed by atoms with E-state index in [1.807, 2.05) is 19.9 Å². The second-order valence-corrected chi connectivity index (χ2v) is 9.21. The summed E-state index contributed by atoms with van der Waals surface area (Å²) in [6.07, 6.45) is 3.14. The van der Waals surface area contributed by atoms with Crippen molar-refractivity contribution in [2.45, 2.75) is 31.8 Å². The van der Waals surface area contributed by atoms with Crippen molar-refractivity contribution in [2.24, 2.45) is 0 Å². The molecule has 0 radical (unpaired) electrons. The Morgan fingerprint density at radius 2 is 1.88 bits per heavy atom. The van der Waals surface area contributed by atoms with Gasteiger partial charge in [-0.2, -0.15) is 4.31 Å². The van der Waals surface area contributed by atoms with Gasteiger partial charge in [0.1, 0.15) is 17.2 Å². The zero-order chi connectivity index (χ0) is 22.7. The number of hydrogen-bond acceptors (Lipinski definition) is 6. The van der Waals surface area contributed by atoms with Gasteiger partial charge in [0.2, 0.25) is 10.0 Å². The molecule has 9 heteroatoms. The fraction of sp³-hybridized carbons (Fsp3) is 0.217. The minimum absolute atomic E-state index is 0.00257. The molecule has 0 saturated carbocycles. The summed E-state index contributed by atoms with van der Waals surface area (Å²) in [5, 5.41) is 0. The summed E-state index contributed by atoms with van der Waals surface area (Å²) >= 11 is 0. The minimum Gasteiger partial charge on any atom is -0.494 e. The molecule has 1 aromatic carbocycles. The lowest BCUT2D eigenvalue weighted by Crippen LogP contribution is -2.31. The van der Waals surface area contributed by atoms with Crippen LogP contribution in [0.15, 0.2) is 81.2 Å². The van der Waals surface area contributed by atoms with Gasteiger partial charge in [0.25, 0.3) is 5.56 Å². The topological polar surface area (TPSA) is 94.1 Å². The number of aromatic nitrogens is 2. The molecular formula is C23H23N3O5S. The number of benzene rings is 1. The van der Waals surface area contributed by atoms with E-state index >= 15 is 0 Å². The number of rotatable bonds is 8. The Kier molecular flexibility index (Phi) is 6.11. The highest BCUT2D eigenvalue weighted by Crippen LogP contribution is 2.23. The molecule has 3 aromatic heterocycles. The van der Waals surface area contributed by atoms with Crippen molar-refractivity contribution in [3.8, 4) is 5.75 Å². The molecular weight excluding hydrogens is 430 g/mol. The Hall–Kier alpha value is -3.43. The van der Waals surface area contributed by atoms with Crippen LogP contribution in [0.1, 0.15) is 23.9 Å². The first kappa shape index (κ1) is 21.8. The van der Waals surface area contributed by atoms with E-state index in [1.165, 1.54) is 33.2 Å². The van der Waals surface area contributed by atoms with Gasteiger partial charge in [-0.1, -0.05) is 0 Å². The van der Waals surface area contributed by atoms with Crippen molar-refractivity contribution < 1.29 is 17.6 Å². The number of ether oxygens (including phenoxy) is 1. The van der Waals surface area contributed by atoms with E-state index in [4.69, 9.17) is 9.15 Å². The zero-order valence-corrected chi connectivity index (χ0v) is 18.6. The molecule has 8 nitrogen and oxygen atoms in total. The predicted molar refractivity (Wildman–Crippen MR) is 119 cm³/mol. The summed E-state index contributed by atoms with van der Waals surface area (Å²) in [4.78, 5) is 17.2. The number of sulfonamides is 1. The highest BCUT2D eigenvalue weighted by Gasteiger charge is 2.27. The molecule has 4 aromatic rings. The fourth-order valence-electron chi connectivity index (χ4n) is 3.34. The average molecular weight is 454 g/mol. The number of pyridine rings is 1. The van der Waals surface area contributed by atoms with Crippen molar-refractivity contribution in [2.75, 3.05) is 6.61 Å². The average Bonchev–Trinajstić information content (AvgIpc) is 3.27. The third-order valence-corrected chi connectivity index (χ3v) is 6.70. The van der Waals surface area contributed by atoms with E-state index in [1.54, 1.807) is 36.5 Å². The van der Waals surface area contributed by atoms with Crippen LogP contribution < -0.4 is 10.3 Å². The fourth-order valence-corrected chi connectivity index (χ4v) is 4.72. The maximum absolute atomic E-state index is 13.5. The van der Waals surface area contributed by atoms with E-state index < -0.39 is 10.0 Å². The van der Waals surface area contributed by atoms with E-state index in [0.29, 0.717) is 29.5 Å². The molecule has 32 heavy (non-hydrogen) atoms. The summed E-state index contributed by atoms with van der Waals surface area (Å²) in [5.74, 6) is 1.07. The Morgan fingerprint density at radius 3 is 2.56 bits per heavy atom. The van der Waals surface area contributed by atoms with Crippen molar-refractivity contribution in [1.82, 2.24) is 13.7 Å². The van der Waals surface area contributed by atoms with Crippen LogP contribution in [-0.4, -0.2) is 28.7 Å². The Labute approximate surface area is 185 Å². The predicted octanol–water partition coefficient (Wildman–Crippen LogP) is 3.39. The minimum atomic E-state index is -3.91. The van der Waals surface area contributed by atoms with Crippen molar-refractivity contribution >= 4 is 15.7 Å². The number of nitrogens with zero attached hydrogens (tertiary/aromatic N) is 3.